The third-order valence-corrected chi connectivity index (χ3v) is 4.75. The lowest BCUT2D eigenvalue weighted by molar-refractivity contribution is -0.125. The van der Waals surface area contributed by atoms with Crippen molar-refractivity contribution in [3.8, 4) is 0 Å². The molecule has 8 heteroatoms. The van der Waals surface area contributed by atoms with Crippen molar-refractivity contribution in [2.75, 3.05) is 25.0 Å². The highest BCUT2D eigenvalue weighted by Gasteiger charge is 2.33. The van der Waals surface area contributed by atoms with Crippen molar-refractivity contribution in [1.82, 2.24) is 25.2 Å². The lowest BCUT2D eigenvalue weighted by atomic mass is 10.0. The van der Waals surface area contributed by atoms with Gasteiger partial charge in [-0.05, 0) is 25.3 Å². The Kier molecular flexibility index (Phi) is 5.20. The molecule has 26 heavy (non-hydrogen) atoms. The highest BCUT2D eigenvalue weighted by molar-refractivity contribution is 6.04. The molecule has 2 atom stereocenters. The van der Waals surface area contributed by atoms with Crippen molar-refractivity contribution in [3.63, 3.8) is 0 Å². The molecule has 3 N–H and O–H groups in total. The van der Waals surface area contributed by atoms with Gasteiger partial charge < -0.3 is 20.5 Å². The molecule has 2 aromatic heterocycles. The van der Waals surface area contributed by atoms with Gasteiger partial charge in [-0.3, -0.25) is 9.59 Å². The van der Waals surface area contributed by atoms with Crippen LogP contribution in [0.2, 0.25) is 0 Å². The molecule has 1 aliphatic heterocycles. The van der Waals surface area contributed by atoms with E-state index in [0.717, 1.165) is 6.42 Å². The maximum absolute atomic E-state index is 12.2. The largest absolute Gasteiger partial charge is 0.364 e. The quantitative estimate of drug-likeness (QED) is 0.681. The number of aromatic nitrogens is 3. The molecule has 2 aromatic rings. The lowest BCUT2D eigenvalue weighted by Gasteiger charge is -2.18. The number of H-pyrrole nitrogens is 1. The summed E-state index contributed by atoms with van der Waals surface area (Å²) in [5.41, 5.74) is 1.57. The number of carbonyl (C=O) groups excluding carboxylic acids is 2. The average Bonchev–Trinajstić information content (AvgIpc) is 3.25. The molecule has 8 nitrogen and oxygen atoms in total. The van der Waals surface area contributed by atoms with Crippen LogP contribution in [-0.2, 0) is 4.79 Å². The van der Waals surface area contributed by atoms with E-state index in [1.165, 1.54) is 6.08 Å². The standard InChI is InChI=1S/C18H24N6O2/c1-4-11-9-24(15(25)5-2)10-13(11)22-14-8-21-17-16(23-14)12(7-20-17)18(26)19-6-3/h5,7-8,11,13H,2,4,6,9-10H2,1,3H3,(H,19,26)(H,20,21)(H,22,23)/t11-,13+/m1/s1. The van der Waals surface area contributed by atoms with E-state index in [2.05, 4.69) is 39.1 Å². The maximum Gasteiger partial charge on any atom is 0.255 e. The van der Waals surface area contributed by atoms with E-state index in [4.69, 9.17) is 0 Å². The summed E-state index contributed by atoms with van der Waals surface area (Å²) >= 11 is 0. The number of aromatic amines is 1. The Morgan fingerprint density at radius 1 is 1.42 bits per heavy atom. The normalized spacial score (nSPS) is 19.5. The first-order valence-corrected chi connectivity index (χ1v) is 8.87. The number of hydrogen-bond acceptors (Lipinski definition) is 5. The fourth-order valence-electron chi connectivity index (χ4n) is 3.34. The van der Waals surface area contributed by atoms with Crippen LogP contribution in [0.3, 0.4) is 0 Å². The van der Waals surface area contributed by atoms with Crippen LogP contribution in [-0.4, -0.2) is 57.3 Å². The van der Waals surface area contributed by atoms with Crippen molar-refractivity contribution in [3.05, 3.63) is 30.6 Å². The number of carbonyl (C=O) groups is 2. The first-order chi connectivity index (χ1) is 12.6. The van der Waals surface area contributed by atoms with Gasteiger partial charge in [-0.1, -0.05) is 13.5 Å². The van der Waals surface area contributed by atoms with Gasteiger partial charge in [0.25, 0.3) is 5.91 Å². The summed E-state index contributed by atoms with van der Waals surface area (Å²) in [6, 6.07) is 0.0857. The van der Waals surface area contributed by atoms with Gasteiger partial charge in [-0.15, -0.1) is 0 Å². The number of nitrogens with zero attached hydrogens (tertiary/aromatic N) is 3. The summed E-state index contributed by atoms with van der Waals surface area (Å²) in [7, 11) is 0. The smallest absolute Gasteiger partial charge is 0.255 e. The van der Waals surface area contributed by atoms with Gasteiger partial charge >= 0.3 is 0 Å². The van der Waals surface area contributed by atoms with Crippen molar-refractivity contribution in [1.29, 1.82) is 0 Å². The first-order valence-electron chi connectivity index (χ1n) is 8.87. The lowest BCUT2D eigenvalue weighted by Crippen LogP contribution is -2.31. The number of anilines is 1. The average molecular weight is 356 g/mol. The molecule has 0 unspecified atom stereocenters. The molecule has 2 amide bonds. The highest BCUT2D eigenvalue weighted by atomic mass is 16.2. The zero-order valence-corrected chi connectivity index (χ0v) is 15.1. The van der Waals surface area contributed by atoms with Crippen LogP contribution in [0.15, 0.2) is 25.0 Å². The monoisotopic (exact) mass is 356 g/mol. The molecule has 1 aliphatic rings. The minimum atomic E-state index is -0.180. The summed E-state index contributed by atoms with van der Waals surface area (Å²) in [6.07, 6.45) is 5.56. The second-order valence-electron chi connectivity index (χ2n) is 6.38. The van der Waals surface area contributed by atoms with Crippen LogP contribution in [0.5, 0.6) is 0 Å². The number of nitrogens with one attached hydrogen (secondary N) is 3. The number of fused-ring (bicyclic) bond motifs is 1. The van der Waals surface area contributed by atoms with E-state index in [9.17, 15) is 9.59 Å². The Morgan fingerprint density at radius 2 is 2.23 bits per heavy atom. The molecule has 0 radical (unpaired) electrons. The molecule has 1 fully saturated rings. The van der Waals surface area contributed by atoms with E-state index < -0.39 is 0 Å². The van der Waals surface area contributed by atoms with Gasteiger partial charge in [0, 0.05) is 31.9 Å². The second kappa shape index (κ2) is 7.55. The van der Waals surface area contributed by atoms with Crippen LogP contribution in [0, 0.1) is 5.92 Å². The minimum absolute atomic E-state index is 0.0570. The Balaban J connectivity index is 1.82. The van der Waals surface area contributed by atoms with E-state index >= 15 is 0 Å². The van der Waals surface area contributed by atoms with Gasteiger partial charge in [0.2, 0.25) is 5.91 Å². The van der Waals surface area contributed by atoms with E-state index in [-0.39, 0.29) is 17.9 Å². The van der Waals surface area contributed by atoms with Crippen molar-refractivity contribution in [2.45, 2.75) is 26.3 Å². The number of rotatable bonds is 6. The molecule has 0 spiro atoms. The van der Waals surface area contributed by atoms with Crippen LogP contribution in [0.1, 0.15) is 30.6 Å². The van der Waals surface area contributed by atoms with Gasteiger partial charge in [0.1, 0.15) is 11.3 Å². The van der Waals surface area contributed by atoms with Crippen LogP contribution < -0.4 is 10.6 Å². The van der Waals surface area contributed by atoms with Crippen molar-refractivity contribution >= 4 is 28.8 Å². The number of hydrogen-bond donors (Lipinski definition) is 3. The summed E-state index contributed by atoms with van der Waals surface area (Å²) in [5, 5.41) is 6.16. The Hall–Kier alpha value is -2.90. The van der Waals surface area contributed by atoms with Crippen molar-refractivity contribution < 1.29 is 9.59 Å². The van der Waals surface area contributed by atoms with Crippen LogP contribution in [0.4, 0.5) is 5.82 Å². The molecule has 138 valence electrons. The number of likely N-dealkylation sites (tertiary alicyclic amines) is 1. The second-order valence-corrected chi connectivity index (χ2v) is 6.38. The minimum Gasteiger partial charge on any atom is -0.364 e. The molecule has 1 saturated heterocycles. The van der Waals surface area contributed by atoms with Crippen molar-refractivity contribution in [2.24, 2.45) is 5.92 Å². The molecule has 3 rings (SSSR count). The Morgan fingerprint density at radius 3 is 2.92 bits per heavy atom. The van der Waals surface area contributed by atoms with Gasteiger partial charge in [0.15, 0.2) is 5.65 Å². The molecule has 0 aromatic carbocycles. The molecular formula is C18H24N6O2. The molecule has 0 saturated carbocycles. The summed E-state index contributed by atoms with van der Waals surface area (Å²) < 4.78 is 0. The fourth-order valence-corrected chi connectivity index (χ4v) is 3.34. The third-order valence-electron chi connectivity index (χ3n) is 4.75. The van der Waals surface area contributed by atoms with E-state index in [1.54, 1.807) is 17.3 Å². The topological polar surface area (TPSA) is 103 Å². The van der Waals surface area contributed by atoms with Gasteiger partial charge in [0.05, 0.1) is 11.8 Å². The third kappa shape index (κ3) is 3.40. The maximum atomic E-state index is 12.2. The predicted octanol–water partition coefficient (Wildman–Crippen LogP) is 1.54. The van der Waals surface area contributed by atoms with Gasteiger partial charge in [-0.25, -0.2) is 9.97 Å². The fraction of sp³-hybridized carbons (Fsp3) is 0.444. The molecule has 0 bridgehead atoms. The highest BCUT2D eigenvalue weighted by Crippen LogP contribution is 2.24. The van der Waals surface area contributed by atoms with Crippen LogP contribution >= 0.6 is 0 Å². The molecule has 0 aliphatic carbocycles. The van der Waals surface area contributed by atoms with E-state index in [0.29, 0.717) is 48.1 Å². The molecular weight excluding hydrogens is 332 g/mol. The predicted molar refractivity (Wildman–Crippen MR) is 99.9 cm³/mol. The van der Waals surface area contributed by atoms with E-state index in [1.807, 2.05) is 6.92 Å². The zero-order valence-electron chi connectivity index (χ0n) is 15.1. The Bertz CT molecular complexity index is 830. The van der Waals surface area contributed by atoms with Crippen LogP contribution in [0.25, 0.3) is 11.2 Å². The summed E-state index contributed by atoms with van der Waals surface area (Å²) in [6.45, 7) is 9.37. The van der Waals surface area contributed by atoms with Gasteiger partial charge in [-0.2, -0.15) is 0 Å². The first kappa shape index (κ1) is 17.9. The zero-order chi connectivity index (χ0) is 18.7. The Labute approximate surface area is 152 Å². The summed E-state index contributed by atoms with van der Waals surface area (Å²) in [5.74, 6) is 0.684. The number of amides is 2. The molecule has 3 heterocycles. The SMILES string of the molecule is C=CC(=O)N1C[C@@H](CC)[C@@H](Nc2cnc3[nH]cc(C(=O)NCC)c3n2)C1. The summed E-state index contributed by atoms with van der Waals surface area (Å²) in [4.78, 5) is 37.7.